The summed E-state index contributed by atoms with van der Waals surface area (Å²) >= 11 is 1.41. The molecule has 4 nitrogen and oxygen atoms in total. The molecule has 1 heterocycles. The fourth-order valence-electron chi connectivity index (χ4n) is 1.87. The topological polar surface area (TPSA) is 52.6 Å². The molecule has 0 aliphatic rings. The first kappa shape index (κ1) is 17.7. The Balaban J connectivity index is 2.55. The highest BCUT2D eigenvalue weighted by Gasteiger charge is 2.11. The summed E-state index contributed by atoms with van der Waals surface area (Å²) in [4.78, 5) is 16.0. The van der Waals surface area contributed by atoms with Crippen molar-refractivity contribution in [3.05, 3.63) is 21.4 Å². The zero-order valence-electron chi connectivity index (χ0n) is 13.0. The van der Waals surface area contributed by atoms with Crippen LogP contribution >= 0.6 is 11.3 Å². The van der Waals surface area contributed by atoms with Gasteiger partial charge >= 0.3 is 0 Å². The highest BCUT2D eigenvalue weighted by atomic mass is 32.1. The number of aliphatic hydroxyl groups is 1. The van der Waals surface area contributed by atoms with Gasteiger partial charge in [0.05, 0.1) is 16.4 Å². The monoisotopic (exact) mass is 308 g/mol. The minimum atomic E-state index is -0.0366. The van der Waals surface area contributed by atoms with E-state index >= 15 is 0 Å². The summed E-state index contributed by atoms with van der Waals surface area (Å²) in [6.07, 6.45) is 0.461. The van der Waals surface area contributed by atoms with Crippen LogP contribution in [0.5, 0.6) is 0 Å². The Labute approximate surface area is 131 Å². The molecular weight excluding hydrogens is 284 g/mol. The third kappa shape index (κ3) is 5.88. The van der Waals surface area contributed by atoms with Gasteiger partial charge in [-0.15, -0.1) is 11.3 Å². The molecule has 0 unspecified atom stereocenters. The molecule has 0 saturated heterocycles. The number of thiophene rings is 1. The first-order valence-corrected chi connectivity index (χ1v) is 8.14. The number of hydrogen-bond donors (Lipinski definition) is 2. The Morgan fingerprint density at radius 3 is 2.76 bits per heavy atom. The second-order valence-electron chi connectivity index (χ2n) is 4.68. The van der Waals surface area contributed by atoms with Crippen LogP contribution < -0.4 is 5.32 Å². The van der Waals surface area contributed by atoms with Gasteiger partial charge in [0.1, 0.15) is 0 Å². The minimum Gasteiger partial charge on any atom is -0.395 e. The molecule has 0 saturated carbocycles. The highest BCUT2D eigenvalue weighted by molar-refractivity contribution is 7.14. The van der Waals surface area contributed by atoms with Gasteiger partial charge in [0.25, 0.3) is 5.91 Å². The molecule has 1 amide bonds. The minimum absolute atomic E-state index is 0.0366. The summed E-state index contributed by atoms with van der Waals surface area (Å²) < 4.78 is 0. The molecule has 116 valence electrons. The van der Waals surface area contributed by atoms with Crippen LogP contribution in [0.25, 0.3) is 0 Å². The van der Waals surface area contributed by atoms with Crippen LogP contribution in [0.2, 0.25) is 0 Å². The van der Waals surface area contributed by atoms with E-state index in [-0.39, 0.29) is 12.5 Å². The summed E-state index contributed by atoms with van der Waals surface area (Å²) in [5.41, 5.74) is 1.01. The number of likely N-dealkylation sites (N-methyl/N-ethyl adjacent to an activating group) is 1. The molecule has 5 heteroatoms. The number of aryl methyl sites for hydroxylation is 1. The van der Waals surface area contributed by atoms with Crippen LogP contribution in [-0.4, -0.2) is 48.7 Å². The summed E-state index contributed by atoms with van der Waals surface area (Å²) in [6, 6.07) is 1.88. The predicted molar refractivity (Wildman–Crippen MR) is 87.8 cm³/mol. The number of rotatable bonds is 7. The zero-order chi connectivity index (χ0) is 15.7. The van der Waals surface area contributed by atoms with Gasteiger partial charge in [0, 0.05) is 19.5 Å². The second-order valence-corrected chi connectivity index (χ2v) is 5.73. The fraction of sp³-hybridized carbons (Fsp3) is 0.562. The number of carbonyl (C=O) groups is 1. The van der Waals surface area contributed by atoms with Crippen LogP contribution in [-0.2, 0) is 0 Å². The molecular formula is C16H24N2O2S. The molecule has 0 aromatic carbocycles. The Bertz CT molecular complexity index is 510. The lowest BCUT2D eigenvalue weighted by Gasteiger charge is -2.17. The van der Waals surface area contributed by atoms with Gasteiger partial charge in [-0.05, 0) is 31.6 Å². The Morgan fingerprint density at radius 1 is 1.43 bits per heavy atom. The molecule has 0 bridgehead atoms. The molecule has 0 spiro atoms. The lowest BCUT2D eigenvalue weighted by atomic mass is 10.2. The molecule has 2 N–H and O–H groups in total. The molecule has 0 aliphatic carbocycles. The Morgan fingerprint density at radius 2 is 2.14 bits per heavy atom. The van der Waals surface area contributed by atoms with Gasteiger partial charge in [-0.2, -0.15) is 0 Å². The smallest absolute Gasteiger partial charge is 0.261 e. The van der Waals surface area contributed by atoms with Gasteiger partial charge in [0.15, 0.2) is 0 Å². The third-order valence-electron chi connectivity index (χ3n) is 3.19. The van der Waals surface area contributed by atoms with E-state index in [1.807, 2.05) is 13.0 Å². The highest BCUT2D eigenvalue weighted by Crippen LogP contribution is 2.20. The average molecular weight is 308 g/mol. The standard InChI is InChI=1S/C16H24N2O2S/c1-4-18(5-2)10-9-17-16(20)15-12-13(3)14(21-15)8-6-7-11-19/h12,19H,4-5,7,9-11H2,1-3H3,(H,17,20). The predicted octanol–water partition coefficient (Wildman–Crippen LogP) is 1.86. The number of nitrogens with one attached hydrogen (secondary N) is 1. The number of hydrogen-bond acceptors (Lipinski definition) is 4. The molecule has 1 aromatic heterocycles. The van der Waals surface area contributed by atoms with Gasteiger partial charge in [-0.25, -0.2) is 0 Å². The maximum atomic E-state index is 12.1. The molecule has 1 aromatic rings. The van der Waals surface area contributed by atoms with Crippen LogP contribution in [0.1, 0.15) is 40.4 Å². The number of carbonyl (C=O) groups excluding carboxylic acids is 1. The average Bonchev–Trinajstić information content (AvgIpc) is 2.85. The van der Waals surface area contributed by atoms with Crippen molar-refractivity contribution >= 4 is 17.2 Å². The van der Waals surface area contributed by atoms with E-state index in [0.717, 1.165) is 30.1 Å². The van der Waals surface area contributed by atoms with E-state index in [0.29, 0.717) is 17.8 Å². The molecule has 0 atom stereocenters. The third-order valence-corrected chi connectivity index (χ3v) is 4.34. The van der Waals surface area contributed by atoms with Crippen molar-refractivity contribution in [3.8, 4) is 11.8 Å². The van der Waals surface area contributed by atoms with E-state index in [4.69, 9.17) is 5.11 Å². The molecule has 0 aliphatic heterocycles. The first-order valence-electron chi connectivity index (χ1n) is 7.33. The van der Waals surface area contributed by atoms with Crippen molar-refractivity contribution in [2.75, 3.05) is 32.8 Å². The van der Waals surface area contributed by atoms with Gasteiger partial charge in [-0.3, -0.25) is 4.79 Å². The van der Waals surface area contributed by atoms with Crippen molar-refractivity contribution in [3.63, 3.8) is 0 Å². The number of aliphatic hydroxyl groups excluding tert-OH is 1. The molecule has 0 radical (unpaired) electrons. The summed E-state index contributed by atoms with van der Waals surface area (Å²) in [7, 11) is 0. The normalized spacial score (nSPS) is 10.3. The van der Waals surface area contributed by atoms with Crippen molar-refractivity contribution in [2.45, 2.75) is 27.2 Å². The van der Waals surface area contributed by atoms with Crippen LogP contribution in [0.3, 0.4) is 0 Å². The summed E-state index contributed by atoms with van der Waals surface area (Å²) in [5.74, 6) is 5.86. The van der Waals surface area contributed by atoms with Gasteiger partial charge in [-0.1, -0.05) is 25.7 Å². The van der Waals surface area contributed by atoms with Gasteiger partial charge < -0.3 is 15.3 Å². The zero-order valence-corrected chi connectivity index (χ0v) is 13.8. The maximum absolute atomic E-state index is 12.1. The molecule has 0 fully saturated rings. The van der Waals surface area contributed by atoms with Crippen molar-refractivity contribution < 1.29 is 9.90 Å². The quantitative estimate of drug-likeness (QED) is 0.756. The van der Waals surface area contributed by atoms with Crippen molar-refractivity contribution in [2.24, 2.45) is 0 Å². The largest absolute Gasteiger partial charge is 0.395 e. The Kier molecular flexibility index (Phi) is 8.06. The van der Waals surface area contributed by atoms with Crippen LogP contribution in [0, 0.1) is 18.8 Å². The first-order chi connectivity index (χ1) is 10.1. The fourth-order valence-corrected chi connectivity index (χ4v) is 2.83. The van der Waals surface area contributed by atoms with E-state index < -0.39 is 0 Å². The van der Waals surface area contributed by atoms with E-state index in [1.165, 1.54) is 11.3 Å². The van der Waals surface area contributed by atoms with Crippen LogP contribution in [0.15, 0.2) is 6.07 Å². The SMILES string of the molecule is CCN(CC)CCNC(=O)c1cc(C)c(C#CCCO)s1. The summed E-state index contributed by atoms with van der Waals surface area (Å²) in [5, 5.41) is 11.7. The lowest BCUT2D eigenvalue weighted by Crippen LogP contribution is -2.34. The Hall–Kier alpha value is -1.35. The van der Waals surface area contributed by atoms with E-state index in [9.17, 15) is 4.79 Å². The maximum Gasteiger partial charge on any atom is 0.261 e. The molecule has 1 rings (SSSR count). The summed E-state index contributed by atoms with van der Waals surface area (Å²) in [6.45, 7) is 9.76. The van der Waals surface area contributed by atoms with E-state index in [2.05, 4.69) is 35.9 Å². The van der Waals surface area contributed by atoms with E-state index in [1.54, 1.807) is 0 Å². The number of nitrogens with zero attached hydrogens (tertiary/aromatic N) is 1. The molecule has 21 heavy (non-hydrogen) atoms. The van der Waals surface area contributed by atoms with Crippen LogP contribution in [0.4, 0.5) is 0 Å². The van der Waals surface area contributed by atoms with Gasteiger partial charge in [0.2, 0.25) is 0 Å². The number of amides is 1. The van der Waals surface area contributed by atoms with Crippen molar-refractivity contribution in [1.29, 1.82) is 0 Å². The second kappa shape index (κ2) is 9.56. The van der Waals surface area contributed by atoms with Crippen molar-refractivity contribution in [1.82, 2.24) is 10.2 Å². The lowest BCUT2D eigenvalue weighted by molar-refractivity contribution is 0.0953.